The number of amides is 1. The largest absolute Gasteiger partial charge is 0.494 e. The molecule has 0 radical (unpaired) electrons. The van der Waals surface area contributed by atoms with E-state index in [1.807, 2.05) is 0 Å². The first-order valence-corrected chi connectivity index (χ1v) is 10.0. The van der Waals surface area contributed by atoms with Crippen molar-refractivity contribution in [3.63, 3.8) is 0 Å². The monoisotopic (exact) mass is 414 g/mol. The SMILES string of the molecule is CCN(CC)S(=O)(=O)c1cc(NC(=O)c2ccc(OC)c(F)c2)ccc1Cl. The summed E-state index contributed by atoms with van der Waals surface area (Å²) in [4.78, 5) is 12.2. The number of ether oxygens (including phenoxy) is 1. The van der Waals surface area contributed by atoms with Crippen LogP contribution in [0.4, 0.5) is 10.1 Å². The maximum absolute atomic E-state index is 13.8. The highest BCUT2D eigenvalue weighted by Crippen LogP contribution is 2.28. The summed E-state index contributed by atoms with van der Waals surface area (Å²) in [5, 5.41) is 2.60. The zero-order chi connectivity index (χ0) is 20.2. The predicted molar refractivity (Wildman–Crippen MR) is 102 cm³/mol. The molecule has 1 N–H and O–H groups in total. The molecule has 146 valence electrons. The summed E-state index contributed by atoms with van der Waals surface area (Å²) in [6.07, 6.45) is 0. The van der Waals surface area contributed by atoms with Crippen molar-refractivity contribution in [2.75, 3.05) is 25.5 Å². The molecule has 0 saturated carbocycles. The lowest BCUT2D eigenvalue weighted by Gasteiger charge is -2.19. The van der Waals surface area contributed by atoms with Crippen LogP contribution in [0.25, 0.3) is 0 Å². The molecule has 6 nitrogen and oxygen atoms in total. The molecule has 0 fully saturated rings. The highest BCUT2D eigenvalue weighted by atomic mass is 35.5. The van der Waals surface area contributed by atoms with Gasteiger partial charge in [0.1, 0.15) is 4.90 Å². The Labute approximate surface area is 162 Å². The molecule has 1 amide bonds. The first-order chi connectivity index (χ1) is 12.7. The number of nitrogens with one attached hydrogen (secondary N) is 1. The number of hydrogen-bond acceptors (Lipinski definition) is 4. The van der Waals surface area contributed by atoms with Crippen LogP contribution in [0, 0.1) is 5.82 Å². The van der Waals surface area contributed by atoms with E-state index in [-0.39, 0.29) is 40.0 Å². The molecule has 0 spiro atoms. The van der Waals surface area contributed by atoms with Crippen LogP contribution < -0.4 is 10.1 Å². The van der Waals surface area contributed by atoms with Gasteiger partial charge in [0.15, 0.2) is 11.6 Å². The molecule has 0 atom stereocenters. The number of hydrogen-bond donors (Lipinski definition) is 1. The number of anilines is 1. The second-order valence-corrected chi connectivity index (χ2v) is 7.85. The van der Waals surface area contributed by atoms with Crippen LogP contribution in [0.15, 0.2) is 41.3 Å². The van der Waals surface area contributed by atoms with E-state index in [0.717, 1.165) is 6.07 Å². The van der Waals surface area contributed by atoms with Crippen molar-refractivity contribution < 1.29 is 22.3 Å². The predicted octanol–water partition coefficient (Wildman–Crippen LogP) is 3.77. The summed E-state index contributed by atoms with van der Waals surface area (Å²) in [5.74, 6) is -1.25. The number of methoxy groups -OCH3 is 1. The summed E-state index contributed by atoms with van der Waals surface area (Å²) in [5.41, 5.74) is 0.294. The normalized spacial score (nSPS) is 11.5. The molecule has 0 aliphatic heterocycles. The molecule has 2 aromatic carbocycles. The maximum Gasteiger partial charge on any atom is 0.255 e. The Hall–Kier alpha value is -2.16. The number of sulfonamides is 1. The highest BCUT2D eigenvalue weighted by molar-refractivity contribution is 7.89. The van der Waals surface area contributed by atoms with Gasteiger partial charge in [-0.05, 0) is 36.4 Å². The van der Waals surface area contributed by atoms with Crippen LogP contribution in [0.3, 0.4) is 0 Å². The van der Waals surface area contributed by atoms with Gasteiger partial charge in [0, 0.05) is 24.3 Å². The molecule has 0 saturated heterocycles. The smallest absolute Gasteiger partial charge is 0.255 e. The number of halogens is 2. The number of rotatable bonds is 7. The van der Waals surface area contributed by atoms with Crippen LogP contribution in [-0.2, 0) is 10.0 Å². The third kappa shape index (κ3) is 4.58. The van der Waals surface area contributed by atoms with Crippen molar-refractivity contribution in [3.05, 3.63) is 52.8 Å². The molecule has 0 heterocycles. The van der Waals surface area contributed by atoms with E-state index < -0.39 is 21.7 Å². The van der Waals surface area contributed by atoms with E-state index in [1.165, 1.54) is 41.7 Å². The molecular weight excluding hydrogens is 395 g/mol. The average Bonchev–Trinajstić information content (AvgIpc) is 2.63. The van der Waals surface area contributed by atoms with Gasteiger partial charge in [-0.1, -0.05) is 25.4 Å². The zero-order valence-electron chi connectivity index (χ0n) is 15.1. The zero-order valence-corrected chi connectivity index (χ0v) is 16.7. The second kappa shape index (κ2) is 8.69. The number of carbonyl (C=O) groups excluding carboxylic acids is 1. The van der Waals surface area contributed by atoms with E-state index in [2.05, 4.69) is 5.32 Å². The fraction of sp³-hybridized carbons (Fsp3) is 0.278. The third-order valence-electron chi connectivity index (χ3n) is 3.93. The minimum atomic E-state index is -3.80. The number of benzene rings is 2. The Morgan fingerprint density at radius 1 is 1.19 bits per heavy atom. The maximum atomic E-state index is 13.8. The van der Waals surface area contributed by atoms with E-state index in [4.69, 9.17) is 16.3 Å². The van der Waals surface area contributed by atoms with Gasteiger partial charge in [0.05, 0.1) is 12.1 Å². The molecule has 0 aliphatic carbocycles. The minimum Gasteiger partial charge on any atom is -0.494 e. The van der Waals surface area contributed by atoms with E-state index in [1.54, 1.807) is 13.8 Å². The molecule has 27 heavy (non-hydrogen) atoms. The van der Waals surface area contributed by atoms with Crippen molar-refractivity contribution >= 4 is 33.2 Å². The Bertz CT molecular complexity index is 946. The van der Waals surface area contributed by atoms with Crippen LogP contribution in [0.2, 0.25) is 5.02 Å². The lowest BCUT2D eigenvalue weighted by atomic mass is 10.2. The topological polar surface area (TPSA) is 75.7 Å². The van der Waals surface area contributed by atoms with Gasteiger partial charge in [-0.25, -0.2) is 12.8 Å². The van der Waals surface area contributed by atoms with E-state index >= 15 is 0 Å². The van der Waals surface area contributed by atoms with Crippen LogP contribution >= 0.6 is 11.6 Å². The molecule has 0 aromatic heterocycles. The van der Waals surface area contributed by atoms with Gasteiger partial charge < -0.3 is 10.1 Å². The molecule has 2 rings (SSSR count). The van der Waals surface area contributed by atoms with Gasteiger partial charge in [-0.3, -0.25) is 4.79 Å². The van der Waals surface area contributed by atoms with Crippen LogP contribution in [0.1, 0.15) is 24.2 Å². The van der Waals surface area contributed by atoms with Gasteiger partial charge in [0.2, 0.25) is 10.0 Å². The lowest BCUT2D eigenvalue weighted by Crippen LogP contribution is -2.30. The molecule has 0 bridgehead atoms. The Kier molecular flexibility index (Phi) is 6.80. The van der Waals surface area contributed by atoms with Crippen molar-refractivity contribution in [2.24, 2.45) is 0 Å². The van der Waals surface area contributed by atoms with Gasteiger partial charge in [-0.2, -0.15) is 4.31 Å². The molecule has 2 aromatic rings. The summed E-state index contributed by atoms with van der Waals surface area (Å²) in [6.45, 7) is 4.02. The fourth-order valence-electron chi connectivity index (χ4n) is 2.49. The second-order valence-electron chi connectivity index (χ2n) is 5.54. The number of nitrogens with zero attached hydrogens (tertiary/aromatic N) is 1. The average molecular weight is 415 g/mol. The van der Waals surface area contributed by atoms with Gasteiger partial charge >= 0.3 is 0 Å². The van der Waals surface area contributed by atoms with Crippen molar-refractivity contribution in [1.82, 2.24) is 4.31 Å². The standard InChI is InChI=1S/C18H20ClFN2O4S/c1-4-22(5-2)27(24,25)17-11-13(7-8-14(17)19)21-18(23)12-6-9-16(26-3)15(20)10-12/h6-11H,4-5H2,1-3H3,(H,21,23). The van der Waals surface area contributed by atoms with E-state index in [9.17, 15) is 17.6 Å². The summed E-state index contributed by atoms with van der Waals surface area (Å²) in [7, 11) is -2.47. The molecular formula is C18H20ClFN2O4S. The van der Waals surface area contributed by atoms with Crippen LogP contribution in [-0.4, -0.2) is 38.8 Å². The van der Waals surface area contributed by atoms with Crippen molar-refractivity contribution in [1.29, 1.82) is 0 Å². The van der Waals surface area contributed by atoms with Crippen molar-refractivity contribution in [2.45, 2.75) is 18.7 Å². The Morgan fingerprint density at radius 2 is 1.85 bits per heavy atom. The Balaban J connectivity index is 2.33. The van der Waals surface area contributed by atoms with Crippen LogP contribution in [0.5, 0.6) is 5.75 Å². The first kappa shape index (κ1) is 21.1. The first-order valence-electron chi connectivity index (χ1n) is 8.19. The lowest BCUT2D eigenvalue weighted by molar-refractivity contribution is 0.102. The third-order valence-corrected chi connectivity index (χ3v) is 6.46. The molecule has 0 unspecified atom stereocenters. The van der Waals surface area contributed by atoms with Gasteiger partial charge in [-0.15, -0.1) is 0 Å². The van der Waals surface area contributed by atoms with Crippen molar-refractivity contribution in [3.8, 4) is 5.75 Å². The summed E-state index contributed by atoms with van der Waals surface area (Å²) < 4.78 is 45.3. The van der Waals surface area contributed by atoms with Gasteiger partial charge in [0.25, 0.3) is 5.91 Å². The fourth-order valence-corrected chi connectivity index (χ4v) is 4.45. The molecule has 0 aliphatic rings. The van der Waals surface area contributed by atoms with E-state index in [0.29, 0.717) is 0 Å². The molecule has 9 heteroatoms. The summed E-state index contributed by atoms with van der Waals surface area (Å²) >= 11 is 6.06. The highest BCUT2D eigenvalue weighted by Gasteiger charge is 2.25. The minimum absolute atomic E-state index is 0.0191. The number of carbonyl (C=O) groups is 1. The Morgan fingerprint density at radius 3 is 2.41 bits per heavy atom. The summed E-state index contributed by atoms with van der Waals surface area (Å²) in [6, 6.07) is 7.93. The quantitative estimate of drug-likeness (QED) is 0.748.